The molecule has 0 aromatic heterocycles. The predicted molar refractivity (Wildman–Crippen MR) is 94.4 cm³/mol. The minimum atomic E-state index is -1.12. The number of nitrogens with one attached hydrogen (secondary N) is 1. The molecule has 0 spiro atoms. The molecule has 1 aliphatic carbocycles. The molecule has 1 saturated carbocycles. The van der Waals surface area contributed by atoms with Gasteiger partial charge in [0.25, 0.3) is 0 Å². The normalized spacial score (nSPS) is 28.7. The average molecular weight is 364 g/mol. The molecule has 3 rings (SSSR count). The molecule has 3 atom stereocenters. The summed E-state index contributed by atoms with van der Waals surface area (Å²) in [7, 11) is 0. The van der Waals surface area contributed by atoms with E-state index in [2.05, 4.69) is 17.2 Å². The highest BCUT2D eigenvalue weighted by molar-refractivity contribution is 6.30. The minimum absolute atomic E-state index is 0.151. The summed E-state index contributed by atoms with van der Waals surface area (Å²) in [4.78, 5) is 12.0. The Kier molecular flexibility index (Phi) is 5.85. The van der Waals surface area contributed by atoms with Crippen molar-refractivity contribution in [1.29, 1.82) is 0 Å². The van der Waals surface area contributed by atoms with Crippen molar-refractivity contribution in [2.24, 2.45) is 0 Å². The topological polar surface area (TPSA) is 67.8 Å². The highest BCUT2D eigenvalue weighted by Gasteiger charge is 2.34. The van der Waals surface area contributed by atoms with Crippen LogP contribution in [0.1, 0.15) is 37.7 Å². The Morgan fingerprint density at radius 2 is 2.32 bits per heavy atom. The Hall–Kier alpha value is -1.74. The van der Waals surface area contributed by atoms with Crippen molar-refractivity contribution >= 4 is 17.7 Å². The number of carbonyl (C=O) groups excluding carboxylic acids is 1. The van der Waals surface area contributed by atoms with E-state index in [0.717, 1.165) is 24.8 Å². The van der Waals surface area contributed by atoms with Gasteiger partial charge in [-0.3, -0.25) is 0 Å². The zero-order valence-electron chi connectivity index (χ0n) is 14.0. The van der Waals surface area contributed by atoms with Crippen LogP contribution in [0.5, 0.6) is 0 Å². The molecule has 2 N–H and O–H groups in total. The zero-order chi connectivity index (χ0) is 17.7. The molecule has 1 aliphatic heterocycles. The van der Waals surface area contributed by atoms with Gasteiger partial charge in [0.1, 0.15) is 11.7 Å². The van der Waals surface area contributed by atoms with Gasteiger partial charge in [0.15, 0.2) is 0 Å². The van der Waals surface area contributed by atoms with Crippen molar-refractivity contribution in [1.82, 2.24) is 5.32 Å². The van der Waals surface area contributed by atoms with Gasteiger partial charge in [-0.15, -0.1) is 0 Å². The summed E-state index contributed by atoms with van der Waals surface area (Å²) in [5, 5.41) is 14.2. The first-order chi connectivity index (χ1) is 12.0. The third-order valence-electron chi connectivity index (χ3n) is 4.47. The monoisotopic (exact) mass is 363 g/mol. The maximum Gasteiger partial charge on any atom is 0.407 e. The zero-order valence-corrected chi connectivity index (χ0v) is 14.7. The van der Waals surface area contributed by atoms with Crippen molar-refractivity contribution in [3.8, 4) is 11.8 Å². The van der Waals surface area contributed by atoms with Gasteiger partial charge in [0.2, 0.25) is 0 Å². The lowest BCUT2D eigenvalue weighted by molar-refractivity contribution is 0.0406. The highest BCUT2D eigenvalue weighted by atomic mass is 35.5. The van der Waals surface area contributed by atoms with Crippen LogP contribution in [0.4, 0.5) is 4.79 Å². The van der Waals surface area contributed by atoms with E-state index in [4.69, 9.17) is 21.1 Å². The van der Waals surface area contributed by atoms with Crippen LogP contribution in [0.3, 0.4) is 0 Å². The molecular weight excluding hydrogens is 342 g/mol. The van der Waals surface area contributed by atoms with E-state index < -0.39 is 11.7 Å². The molecule has 0 unspecified atom stereocenters. The lowest BCUT2D eigenvalue weighted by atomic mass is 9.82. The number of hydrogen-bond donors (Lipinski definition) is 2. The van der Waals surface area contributed by atoms with E-state index in [9.17, 15) is 9.90 Å². The number of alkyl carbamates (subject to hydrolysis) is 1. The molecule has 1 saturated heterocycles. The Bertz CT molecular complexity index is 677. The summed E-state index contributed by atoms with van der Waals surface area (Å²) in [5.41, 5.74) is -0.355. The Morgan fingerprint density at radius 1 is 1.44 bits per heavy atom. The number of carbonyl (C=O) groups is 1. The molecular formula is C19H22ClNO4. The summed E-state index contributed by atoms with van der Waals surface area (Å²) in [5.74, 6) is 5.94. The van der Waals surface area contributed by atoms with Gasteiger partial charge in [-0.25, -0.2) is 4.79 Å². The Labute approximate surface area is 152 Å². The SMILES string of the molecule is O=C(N[C@@H]1CCC[C@](O)(C#Cc2cccc(Cl)c2)C1)O[C@H]1CCOC1. The van der Waals surface area contributed by atoms with Crippen LogP contribution in [0.25, 0.3) is 0 Å². The molecule has 1 heterocycles. The maximum absolute atomic E-state index is 12.0. The summed E-state index contributed by atoms with van der Waals surface area (Å²) < 4.78 is 10.5. The largest absolute Gasteiger partial charge is 0.444 e. The molecule has 2 fully saturated rings. The molecule has 0 bridgehead atoms. The summed E-state index contributed by atoms with van der Waals surface area (Å²) in [6, 6.07) is 7.06. The number of rotatable bonds is 2. The average Bonchev–Trinajstić information content (AvgIpc) is 3.06. The van der Waals surface area contributed by atoms with E-state index in [1.54, 1.807) is 12.1 Å². The first-order valence-electron chi connectivity index (χ1n) is 8.58. The fourth-order valence-electron chi connectivity index (χ4n) is 3.20. The number of benzene rings is 1. The Morgan fingerprint density at radius 3 is 3.08 bits per heavy atom. The van der Waals surface area contributed by atoms with Gasteiger partial charge in [-0.05, 0) is 37.5 Å². The quantitative estimate of drug-likeness (QED) is 0.793. The van der Waals surface area contributed by atoms with Gasteiger partial charge < -0.3 is 19.9 Å². The smallest absolute Gasteiger partial charge is 0.407 e. The minimum Gasteiger partial charge on any atom is -0.444 e. The molecule has 6 heteroatoms. The number of amides is 1. The van der Waals surface area contributed by atoms with Gasteiger partial charge in [-0.2, -0.15) is 0 Å². The predicted octanol–water partition coefficient (Wildman–Crippen LogP) is 2.88. The van der Waals surface area contributed by atoms with Crippen LogP contribution in [0, 0.1) is 11.8 Å². The number of ether oxygens (including phenoxy) is 2. The molecule has 1 amide bonds. The van der Waals surface area contributed by atoms with E-state index >= 15 is 0 Å². The van der Waals surface area contributed by atoms with Crippen LogP contribution in [-0.4, -0.2) is 42.2 Å². The van der Waals surface area contributed by atoms with Crippen molar-refractivity contribution in [3.05, 3.63) is 34.9 Å². The van der Waals surface area contributed by atoms with E-state index in [1.165, 1.54) is 0 Å². The summed E-state index contributed by atoms with van der Waals surface area (Å²) in [6.45, 7) is 1.08. The fourth-order valence-corrected chi connectivity index (χ4v) is 3.39. The molecule has 134 valence electrons. The van der Waals surface area contributed by atoms with Crippen LogP contribution in [0.2, 0.25) is 5.02 Å². The van der Waals surface area contributed by atoms with Crippen LogP contribution >= 0.6 is 11.6 Å². The van der Waals surface area contributed by atoms with E-state index in [0.29, 0.717) is 31.1 Å². The van der Waals surface area contributed by atoms with Crippen LogP contribution in [0.15, 0.2) is 24.3 Å². The molecule has 2 aliphatic rings. The highest BCUT2D eigenvalue weighted by Crippen LogP contribution is 2.28. The maximum atomic E-state index is 12.0. The van der Waals surface area contributed by atoms with E-state index in [1.807, 2.05) is 12.1 Å². The number of aliphatic hydroxyl groups is 1. The fraction of sp³-hybridized carbons (Fsp3) is 0.526. The second-order valence-electron chi connectivity index (χ2n) is 6.62. The van der Waals surface area contributed by atoms with E-state index in [-0.39, 0.29) is 12.1 Å². The third-order valence-corrected chi connectivity index (χ3v) is 4.71. The van der Waals surface area contributed by atoms with Crippen LogP contribution < -0.4 is 5.32 Å². The summed E-state index contributed by atoms with van der Waals surface area (Å²) in [6.07, 6.45) is 2.67. The van der Waals surface area contributed by atoms with Crippen molar-refractivity contribution in [2.45, 2.75) is 49.9 Å². The first-order valence-corrected chi connectivity index (χ1v) is 8.96. The summed E-state index contributed by atoms with van der Waals surface area (Å²) >= 11 is 5.95. The second kappa shape index (κ2) is 8.09. The second-order valence-corrected chi connectivity index (χ2v) is 7.06. The Balaban J connectivity index is 1.57. The van der Waals surface area contributed by atoms with Crippen molar-refractivity contribution in [2.75, 3.05) is 13.2 Å². The van der Waals surface area contributed by atoms with Gasteiger partial charge in [0.05, 0.1) is 13.2 Å². The van der Waals surface area contributed by atoms with Gasteiger partial charge in [-0.1, -0.05) is 29.5 Å². The third kappa shape index (κ3) is 5.37. The van der Waals surface area contributed by atoms with Crippen molar-refractivity contribution in [3.63, 3.8) is 0 Å². The molecule has 1 aromatic rings. The lowest BCUT2D eigenvalue weighted by Gasteiger charge is -2.33. The lowest BCUT2D eigenvalue weighted by Crippen LogP contribution is -2.46. The molecule has 5 nitrogen and oxygen atoms in total. The van der Waals surface area contributed by atoms with Crippen LogP contribution in [-0.2, 0) is 9.47 Å². The molecule has 1 aromatic carbocycles. The standard InChI is InChI=1S/C19H22ClNO4/c20-15-4-1-3-14(11-15)6-9-19(23)8-2-5-16(12-19)21-18(22)25-17-7-10-24-13-17/h1,3-4,11,16-17,23H,2,5,7-8,10,12-13H2,(H,21,22)/t16-,17+,19+/m1/s1. The molecule has 0 radical (unpaired) electrons. The van der Waals surface area contributed by atoms with Crippen molar-refractivity contribution < 1.29 is 19.4 Å². The number of hydrogen-bond acceptors (Lipinski definition) is 4. The number of halogens is 1. The van der Waals surface area contributed by atoms with Gasteiger partial charge >= 0.3 is 6.09 Å². The van der Waals surface area contributed by atoms with Gasteiger partial charge in [0, 0.05) is 29.5 Å². The molecule has 25 heavy (non-hydrogen) atoms. The first kappa shape index (κ1) is 18.1.